The summed E-state index contributed by atoms with van der Waals surface area (Å²) < 4.78 is 28.4. The first-order valence-electron chi connectivity index (χ1n) is 7.06. The molecule has 0 spiro atoms. The van der Waals surface area contributed by atoms with Crippen LogP contribution in [-0.4, -0.2) is 23.2 Å². The fourth-order valence-electron chi connectivity index (χ4n) is 2.08. The number of esters is 1. The molecule has 0 unspecified atom stereocenters. The summed E-state index contributed by atoms with van der Waals surface area (Å²) >= 11 is 0. The van der Waals surface area contributed by atoms with Gasteiger partial charge in [0.15, 0.2) is 6.61 Å². The SMILES string of the molecule is COc1ccccc1-c1noc(COC(=O)c2cccc(F)c2)n1. The van der Waals surface area contributed by atoms with Crippen molar-refractivity contribution in [2.45, 2.75) is 6.61 Å². The minimum absolute atomic E-state index is 0.111. The van der Waals surface area contributed by atoms with Crippen LogP contribution >= 0.6 is 0 Å². The Balaban J connectivity index is 1.69. The number of benzene rings is 2. The number of aromatic nitrogens is 2. The molecule has 0 atom stereocenters. The predicted molar refractivity (Wildman–Crippen MR) is 81.8 cm³/mol. The molecule has 0 saturated heterocycles. The smallest absolute Gasteiger partial charge is 0.338 e. The van der Waals surface area contributed by atoms with E-state index in [1.807, 2.05) is 12.1 Å². The molecule has 0 aliphatic rings. The van der Waals surface area contributed by atoms with E-state index in [0.29, 0.717) is 17.1 Å². The van der Waals surface area contributed by atoms with Crippen LogP contribution in [-0.2, 0) is 11.3 Å². The molecule has 1 aromatic heterocycles. The van der Waals surface area contributed by atoms with Gasteiger partial charge >= 0.3 is 5.97 Å². The van der Waals surface area contributed by atoms with Crippen molar-refractivity contribution in [2.75, 3.05) is 7.11 Å². The Morgan fingerprint density at radius 1 is 1.21 bits per heavy atom. The Morgan fingerprint density at radius 2 is 2.04 bits per heavy atom. The summed E-state index contributed by atoms with van der Waals surface area (Å²) in [5.41, 5.74) is 0.769. The summed E-state index contributed by atoms with van der Waals surface area (Å²) in [7, 11) is 1.54. The lowest BCUT2D eigenvalue weighted by molar-refractivity contribution is 0.0429. The third kappa shape index (κ3) is 3.40. The summed E-state index contributed by atoms with van der Waals surface area (Å²) in [6, 6.07) is 12.4. The van der Waals surface area contributed by atoms with Crippen LogP contribution in [0.1, 0.15) is 16.2 Å². The van der Waals surface area contributed by atoms with E-state index in [1.165, 1.54) is 18.2 Å². The van der Waals surface area contributed by atoms with Gasteiger partial charge in [0.1, 0.15) is 11.6 Å². The topological polar surface area (TPSA) is 74.5 Å². The molecular weight excluding hydrogens is 315 g/mol. The molecule has 122 valence electrons. The molecule has 1 heterocycles. The summed E-state index contributed by atoms with van der Waals surface area (Å²) in [5.74, 6) is -0.140. The highest BCUT2D eigenvalue weighted by Crippen LogP contribution is 2.27. The van der Waals surface area contributed by atoms with Crippen LogP contribution in [0.4, 0.5) is 4.39 Å². The zero-order chi connectivity index (χ0) is 16.9. The second-order valence-electron chi connectivity index (χ2n) is 4.80. The van der Waals surface area contributed by atoms with Crippen molar-refractivity contribution in [1.29, 1.82) is 0 Å². The summed E-state index contributed by atoms with van der Waals surface area (Å²) in [5, 5.41) is 3.84. The monoisotopic (exact) mass is 328 g/mol. The van der Waals surface area contributed by atoms with E-state index < -0.39 is 11.8 Å². The molecule has 0 saturated carbocycles. The van der Waals surface area contributed by atoms with E-state index in [-0.39, 0.29) is 18.1 Å². The highest BCUT2D eigenvalue weighted by Gasteiger charge is 2.15. The van der Waals surface area contributed by atoms with Crippen LogP contribution in [0.2, 0.25) is 0 Å². The molecule has 0 aliphatic carbocycles. The Labute approximate surface area is 136 Å². The molecule has 0 bridgehead atoms. The molecule has 6 nitrogen and oxygen atoms in total. The average molecular weight is 328 g/mol. The number of rotatable bonds is 5. The van der Waals surface area contributed by atoms with Crippen LogP contribution in [0.15, 0.2) is 53.1 Å². The Morgan fingerprint density at radius 3 is 2.83 bits per heavy atom. The van der Waals surface area contributed by atoms with Crippen LogP contribution in [0, 0.1) is 5.82 Å². The Bertz CT molecular complexity index is 863. The predicted octanol–water partition coefficient (Wildman–Crippen LogP) is 3.24. The quantitative estimate of drug-likeness (QED) is 0.669. The number of hydrogen-bond acceptors (Lipinski definition) is 6. The first kappa shape index (κ1) is 15.7. The second-order valence-corrected chi connectivity index (χ2v) is 4.80. The molecular formula is C17H13FN2O4. The molecule has 2 aromatic carbocycles. The lowest BCUT2D eigenvalue weighted by Crippen LogP contribution is -2.05. The van der Waals surface area contributed by atoms with Gasteiger partial charge in [-0.3, -0.25) is 0 Å². The van der Waals surface area contributed by atoms with Crippen LogP contribution in [0.5, 0.6) is 5.75 Å². The number of para-hydroxylation sites is 1. The van der Waals surface area contributed by atoms with Gasteiger partial charge in [0.05, 0.1) is 18.2 Å². The molecule has 24 heavy (non-hydrogen) atoms. The van der Waals surface area contributed by atoms with E-state index in [0.717, 1.165) is 6.07 Å². The van der Waals surface area contributed by atoms with Gasteiger partial charge in [-0.1, -0.05) is 23.4 Å². The minimum atomic E-state index is -0.674. The maximum Gasteiger partial charge on any atom is 0.338 e. The van der Waals surface area contributed by atoms with Crippen molar-refractivity contribution in [1.82, 2.24) is 10.1 Å². The lowest BCUT2D eigenvalue weighted by Gasteiger charge is -2.03. The largest absolute Gasteiger partial charge is 0.496 e. The van der Waals surface area contributed by atoms with Crippen molar-refractivity contribution in [2.24, 2.45) is 0 Å². The number of carbonyl (C=O) groups excluding carboxylic acids is 1. The second kappa shape index (κ2) is 6.91. The van der Waals surface area contributed by atoms with Crippen LogP contribution in [0.3, 0.4) is 0 Å². The van der Waals surface area contributed by atoms with Crippen molar-refractivity contribution >= 4 is 5.97 Å². The maximum atomic E-state index is 13.1. The van der Waals surface area contributed by atoms with E-state index in [9.17, 15) is 9.18 Å². The number of methoxy groups -OCH3 is 1. The van der Waals surface area contributed by atoms with Gasteiger partial charge in [0, 0.05) is 0 Å². The molecule has 0 fully saturated rings. The summed E-state index contributed by atoms with van der Waals surface area (Å²) in [6.45, 7) is -0.211. The van der Waals surface area contributed by atoms with Crippen LogP contribution in [0.25, 0.3) is 11.4 Å². The summed E-state index contributed by atoms with van der Waals surface area (Å²) in [6.07, 6.45) is 0. The van der Waals surface area contributed by atoms with Gasteiger partial charge in [0.25, 0.3) is 5.89 Å². The first-order valence-corrected chi connectivity index (χ1v) is 7.06. The average Bonchev–Trinajstić information content (AvgIpc) is 3.08. The van der Waals surface area contributed by atoms with E-state index in [2.05, 4.69) is 10.1 Å². The fourth-order valence-corrected chi connectivity index (χ4v) is 2.08. The highest BCUT2D eigenvalue weighted by atomic mass is 19.1. The molecule has 0 N–H and O–H groups in total. The van der Waals surface area contributed by atoms with E-state index >= 15 is 0 Å². The summed E-state index contributed by atoms with van der Waals surface area (Å²) in [4.78, 5) is 16.0. The lowest BCUT2D eigenvalue weighted by atomic mass is 10.2. The van der Waals surface area contributed by atoms with Gasteiger partial charge in [0.2, 0.25) is 5.82 Å². The molecule has 0 radical (unpaired) electrons. The van der Waals surface area contributed by atoms with Crippen LogP contribution < -0.4 is 4.74 Å². The molecule has 3 rings (SSSR count). The van der Waals surface area contributed by atoms with Gasteiger partial charge in [-0.05, 0) is 30.3 Å². The van der Waals surface area contributed by atoms with Gasteiger partial charge < -0.3 is 14.0 Å². The van der Waals surface area contributed by atoms with E-state index in [1.54, 1.807) is 19.2 Å². The zero-order valence-corrected chi connectivity index (χ0v) is 12.7. The standard InChI is InChI=1S/C17H13FN2O4/c1-22-14-8-3-2-7-13(14)16-19-15(24-20-16)10-23-17(21)11-5-4-6-12(18)9-11/h2-9H,10H2,1H3. The Kier molecular flexibility index (Phi) is 4.51. The zero-order valence-electron chi connectivity index (χ0n) is 12.7. The third-order valence-corrected chi connectivity index (χ3v) is 3.20. The van der Waals surface area contributed by atoms with Crippen molar-refractivity contribution in [3.05, 3.63) is 65.8 Å². The fraction of sp³-hybridized carbons (Fsp3) is 0.118. The van der Waals surface area contributed by atoms with Crippen molar-refractivity contribution in [3.63, 3.8) is 0 Å². The molecule has 7 heteroatoms. The maximum absolute atomic E-state index is 13.1. The number of nitrogens with zero attached hydrogens (tertiary/aromatic N) is 2. The molecule has 0 amide bonds. The van der Waals surface area contributed by atoms with Crippen molar-refractivity contribution in [3.8, 4) is 17.1 Å². The number of carbonyl (C=O) groups is 1. The number of hydrogen-bond donors (Lipinski definition) is 0. The number of ether oxygens (including phenoxy) is 2. The number of halogens is 1. The normalized spacial score (nSPS) is 10.4. The minimum Gasteiger partial charge on any atom is -0.496 e. The van der Waals surface area contributed by atoms with Gasteiger partial charge in [-0.2, -0.15) is 4.98 Å². The Hall–Kier alpha value is -3.22. The van der Waals surface area contributed by atoms with E-state index in [4.69, 9.17) is 14.0 Å². The third-order valence-electron chi connectivity index (χ3n) is 3.20. The molecule has 0 aliphatic heterocycles. The molecule has 3 aromatic rings. The highest BCUT2D eigenvalue weighted by molar-refractivity contribution is 5.89. The van der Waals surface area contributed by atoms with Gasteiger partial charge in [-0.25, -0.2) is 9.18 Å². The first-order chi connectivity index (χ1) is 11.7. The van der Waals surface area contributed by atoms with Crippen molar-refractivity contribution < 1.29 is 23.2 Å². The van der Waals surface area contributed by atoms with Gasteiger partial charge in [-0.15, -0.1) is 0 Å².